The molecule has 3 heteroatoms. The van der Waals surface area contributed by atoms with Crippen molar-refractivity contribution in [3.8, 4) is 0 Å². The first-order valence-electron chi connectivity index (χ1n) is 4.29. The van der Waals surface area contributed by atoms with Crippen molar-refractivity contribution in [3.63, 3.8) is 0 Å². The number of ether oxygens (including phenoxy) is 1. The number of aliphatic hydroxyl groups is 2. The molecule has 70 valence electrons. The molecule has 3 nitrogen and oxygen atoms in total. The first-order valence-corrected chi connectivity index (χ1v) is 4.29. The van der Waals surface area contributed by atoms with Crippen molar-refractivity contribution >= 4 is 0 Å². The van der Waals surface area contributed by atoms with Gasteiger partial charge in [-0.25, -0.2) is 0 Å². The Morgan fingerprint density at radius 2 is 2.08 bits per heavy atom. The van der Waals surface area contributed by atoms with Crippen molar-refractivity contribution in [3.05, 3.63) is 12.2 Å². The zero-order chi connectivity index (χ0) is 9.14. The van der Waals surface area contributed by atoms with Crippen molar-refractivity contribution in [1.82, 2.24) is 0 Å². The standard InChI is InChI=1S/C9H16O3/c1-3-4-8-6(2)7(10)5-9(11)12-8/h3-4,6-11H,5H2,1-2H3/b4-3+. The first kappa shape index (κ1) is 9.71. The molecular weight excluding hydrogens is 156 g/mol. The van der Waals surface area contributed by atoms with E-state index < -0.39 is 12.4 Å². The summed E-state index contributed by atoms with van der Waals surface area (Å²) >= 11 is 0. The van der Waals surface area contributed by atoms with Crippen LogP contribution in [0, 0.1) is 5.92 Å². The minimum absolute atomic E-state index is 0.0598. The molecule has 1 fully saturated rings. The van der Waals surface area contributed by atoms with Crippen LogP contribution in [-0.2, 0) is 4.74 Å². The summed E-state index contributed by atoms with van der Waals surface area (Å²) in [6, 6.07) is 0. The fraction of sp³-hybridized carbons (Fsp3) is 0.778. The zero-order valence-electron chi connectivity index (χ0n) is 7.47. The molecule has 0 spiro atoms. The van der Waals surface area contributed by atoms with E-state index in [0.717, 1.165) is 0 Å². The second-order valence-corrected chi connectivity index (χ2v) is 3.24. The molecule has 0 radical (unpaired) electrons. The molecule has 1 heterocycles. The Morgan fingerprint density at radius 3 is 2.67 bits per heavy atom. The second-order valence-electron chi connectivity index (χ2n) is 3.24. The quantitative estimate of drug-likeness (QED) is 0.571. The molecule has 4 unspecified atom stereocenters. The summed E-state index contributed by atoms with van der Waals surface area (Å²) < 4.78 is 5.22. The maximum Gasteiger partial charge on any atom is 0.157 e. The van der Waals surface area contributed by atoms with Gasteiger partial charge in [-0.15, -0.1) is 0 Å². The highest BCUT2D eigenvalue weighted by molar-refractivity contribution is 4.94. The predicted molar refractivity (Wildman–Crippen MR) is 45.5 cm³/mol. The van der Waals surface area contributed by atoms with Gasteiger partial charge < -0.3 is 14.9 Å². The highest BCUT2D eigenvalue weighted by Crippen LogP contribution is 2.24. The first-order chi connectivity index (χ1) is 5.65. The van der Waals surface area contributed by atoms with Crippen molar-refractivity contribution in [2.75, 3.05) is 0 Å². The molecule has 1 aliphatic rings. The third-order valence-electron chi connectivity index (χ3n) is 2.26. The van der Waals surface area contributed by atoms with E-state index in [0.29, 0.717) is 6.42 Å². The fourth-order valence-corrected chi connectivity index (χ4v) is 1.41. The molecule has 1 aliphatic heterocycles. The van der Waals surface area contributed by atoms with Crippen molar-refractivity contribution < 1.29 is 14.9 Å². The van der Waals surface area contributed by atoms with Gasteiger partial charge in [-0.2, -0.15) is 0 Å². The van der Waals surface area contributed by atoms with Crippen LogP contribution in [0.15, 0.2) is 12.2 Å². The van der Waals surface area contributed by atoms with E-state index >= 15 is 0 Å². The van der Waals surface area contributed by atoms with Gasteiger partial charge in [0.05, 0.1) is 12.2 Å². The number of allylic oxidation sites excluding steroid dienone is 1. The lowest BCUT2D eigenvalue weighted by Crippen LogP contribution is -2.41. The highest BCUT2D eigenvalue weighted by atomic mass is 16.6. The molecule has 1 rings (SSSR count). The lowest BCUT2D eigenvalue weighted by Gasteiger charge is -2.34. The summed E-state index contributed by atoms with van der Waals surface area (Å²) in [4.78, 5) is 0. The molecule has 0 amide bonds. The van der Waals surface area contributed by atoms with Gasteiger partial charge >= 0.3 is 0 Å². The van der Waals surface area contributed by atoms with Crippen LogP contribution in [0.4, 0.5) is 0 Å². The Balaban J connectivity index is 2.59. The number of aliphatic hydroxyl groups excluding tert-OH is 2. The highest BCUT2D eigenvalue weighted by Gasteiger charge is 2.32. The van der Waals surface area contributed by atoms with E-state index in [2.05, 4.69) is 0 Å². The lowest BCUT2D eigenvalue weighted by atomic mass is 9.92. The van der Waals surface area contributed by atoms with Crippen molar-refractivity contribution in [2.45, 2.75) is 38.8 Å². The van der Waals surface area contributed by atoms with E-state index in [1.54, 1.807) is 0 Å². The SMILES string of the molecule is C/C=C/C1OC(O)CC(O)C1C. The summed E-state index contributed by atoms with van der Waals surface area (Å²) in [7, 11) is 0. The van der Waals surface area contributed by atoms with E-state index in [-0.39, 0.29) is 12.0 Å². The fourth-order valence-electron chi connectivity index (χ4n) is 1.41. The Bertz CT molecular complexity index is 167. The summed E-state index contributed by atoms with van der Waals surface area (Å²) in [6.07, 6.45) is 2.60. The van der Waals surface area contributed by atoms with Crippen LogP contribution in [0.25, 0.3) is 0 Å². The van der Waals surface area contributed by atoms with Gasteiger partial charge in [0.15, 0.2) is 6.29 Å². The monoisotopic (exact) mass is 172 g/mol. The van der Waals surface area contributed by atoms with E-state index in [9.17, 15) is 10.2 Å². The van der Waals surface area contributed by atoms with Gasteiger partial charge in [0.1, 0.15) is 0 Å². The van der Waals surface area contributed by atoms with E-state index in [1.807, 2.05) is 26.0 Å². The lowest BCUT2D eigenvalue weighted by molar-refractivity contribution is -0.196. The van der Waals surface area contributed by atoms with Crippen LogP contribution in [0.2, 0.25) is 0 Å². The smallest absolute Gasteiger partial charge is 0.157 e. The Labute approximate surface area is 72.7 Å². The minimum atomic E-state index is -0.822. The molecule has 0 aliphatic carbocycles. The largest absolute Gasteiger partial charge is 0.393 e. The zero-order valence-corrected chi connectivity index (χ0v) is 7.47. The summed E-state index contributed by atoms with van der Waals surface area (Å²) in [5.41, 5.74) is 0. The Hall–Kier alpha value is -0.380. The average Bonchev–Trinajstić information content (AvgIpc) is 2.00. The van der Waals surface area contributed by atoms with Gasteiger partial charge in [-0.05, 0) is 6.92 Å². The molecule has 1 saturated heterocycles. The van der Waals surface area contributed by atoms with Crippen LogP contribution in [0.3, 0.4) is 0 Å². The van der Waals surface area contributed by atoms with Gasteiger partial charge in [-0.1, -0.05) is 19.1 Å². The molecule has 2 N–H and O–H groups in total. The van der Waals surface area contributed by atoms with Crippen LogP contribution in [-0.4, -0.2) is 28.7 Å². The Kier molecular flexibility index (Phi) is 3.26. The Morgan fingerprint density at radius 1 is 1.42 bits per heavy atom. The van der Waals surface area contributed by atoms with Crippen molar-refractivity contribution in [2.24, 2.45) is 5.92 Å². The molecular formula is C9H16O3. The topological polar surface area (TPSA) is 49.7 Å². The van der Waals surface area contributed by atoms with Gasteiger partial charge in [-0.3, -0.25) is 0 Å². The maximum atomic E-state index is 9.47. The van der Waals surface area contributed by atoms with Crippen molar-refractivity contribution in [1.29, 1.82) is 0 Å². The van der Waals surface area contributed by atoms with Crippen LogP contribution < -0.4 is 0 Å². The molecule has 0 aromatic heterocycles. The molecule has 12 heavy (non-hydrogen) atoms. The van der Waals surface area contributed by atoms with E-state index in [1.165, 1.54) is 0 Å². The minimum Gasteiger partial charge on any atom is -0.393 e. The van der Waals surface area contributed by atoms with Crippen LogP contribution >= 0.6 is 0 Å². The summed E-state index contributed by atoms with van der Waals surface area (Å²) in [5.74, 6) is 0.0598. The molecule has 0 aromatic carbocycles. The predicted octanol–water partition coefficient (Wildman–Crippen LogP) is 0.667. The average molecular weight is 172 g/mol. The maximum absolute atomic E-state index is 9.47. The van der Waals surface area contributed by atoms with Gasteiger partial charge in [0.25, 0.3) is 0 Å². The molecule has 0 bridgehead atoms. The normalized spacial score (nSPS) is 43.7. The summed E-state index contributed by atoms with van der Waals surface area (Å²) in [5, 5.41) is 18.6. The third kappa shape index (κ3) is 2.06. The molecule has 4 atom stereocenters. The van der Waals surface area contributed by atoms with Crippen LogP contribution in [0.5, 0.6) is 0 Å². The third-order valence-corrected chi connectivity index (χ3v) is 2.26. The number of rotatable bonds is 1. The van der Waals surface area contributed by atoms with Crippen LogP contribution in [0.1, 0.15) is 20.3 Å². The second kappa shape index (κ2) is 4.03. The van der Waals surface area contributed by atoms with E-state index in [4.69, 9.17) is 4.74 Å². The number of hydrogen-bond acceptors (Lipinski definition) is 3. The van der Waals surface area contributed by atoms with Gasteiger partial charge in [0.2, 0.25) is 0 Å². The van der Waals surface area contributed by atoms with Gasteiger partial charge in [0, 0.05) is 12.3 Å². The summed E-state index contributed by atoms with van der Waals surface area (Å²) in [6.45, 7) is 3.81. The molecule has 0 aromatic rings. The number of hydrogen-bond donors (Lipinski definition) is 2. The molecule has 0 saturated carbocycles.